The summed E-state index contributed by atoms with van der Waals surface area (Å²) >= 11 is 0. The van der Waals surface area contributed by atoms with Gasteiger partial charge in [0.2, 0.25) is 5.95 Å². The quantitative estimate of drug-likeness (QED) is 0.666. The Hall–Kier alpha value is -1.10. The number of nitrogens with one attached hydrogen (secondary N) is 2. The smallest absolute Gasteiger partial charge is 0.224 e. The van der Waals surface area contributed by atoms with Gasteiger partial charge in [0.05, 0.1) is 6.54 Å². The molecule has 86 valence electrons. The van der Waals surface area contributed by atoms with Crippen molar-refractivity contribution in [1.82, 2.24) is 20.1 Å². The van der Waals surface area contributed by atoms with Crippen molar-refractivity contribution in [3.05, 3.63) is 5.82 Å². The van der Waals surface area contributed by atoms with Gasteiger partial charge < -0.3 is 10.6 Å². The Balaban J connectivity index is 2.62. The summed E-state index contributed by atoms with van der Waals surface area (Å²) in [6.45, 7) is 9.91. The van der Waals surface area contributed by atoms with Gasteiger partial charge in [-0.25, -0.2) is 0 Å². The van der Waals surface area contributed by atoms with Crippen LogP contribution in [0.25, 0.3) is 0 Å². The lowest BCUT2D eigenvalue weighted by Gasteiger charge is -2.08. The lowest BCUT2D eigenvalue weighted by atomic mass is 10.4. The Morgan fingerprint density at radius 2 is 2.00 bits per heavy atom. The second kappa shape index (κ2) is 6.40. The summed E-state index contributed by atoms with van der Waals surface area (Å²) in [6, 6.07) is 0. The van der Waals surface area contributed by atoms with Gasteiger partial charge in [-0.3, -0.25) is 4.57 Å². The highest BCUT2D eigenvalue weighted by Crippen LogP contribution is 2.06. The van der Waals surface area contributed by atoms with E-state index in [2.05, 4.69) is 46.2 Å². The molecule has 0 aliphatic carbocycles. The Kier molecular flexibility index (Phi) is 5.10. The Labute approximate surface area is 91.3 Å². The largest absolute Gasteiger partial charge is 0.355 e. The van der Waals surface area contributed by atoms with Crippen LogP contribution in [0.3, 0.4) is 0 Å². The fourth-order valence-electron chi connectivity index (χ4n) is 1.46. The fourth-order valence-corrected chi connectivity index (χ4v) is 1.46. The van der Waals surface area contributed by atoms with Gasteiger partial charge in [0.1, 0.15) is 5.82 Å². The molecule has 1 aromatic heterocycles. The molecule has 0 unspecified atom stereocenters. The lowest BCUT2D eigenvalue weighted by Crippen LogP contribution is -2.18. The zero-order chi connectivity index (χ0) is 11.1. The van der Waals surface area contributed by atoms with Crippen molar-refractivity contribution in [3.8, 4) is 0 Å². The first-order valence-electron chi connectivity index (χ1n) is 5.70. The van der Waals surface area contributed by atoms with Crippen molar-refractivity contribution in [1.29, 1.82) is 0 Å². The topological polar surface area (TPSA) is 54.8 Å². The summed E-state index contributed by atoms with van der Waals surface area (Å²) in [4.78, 5) is 0. The molecule has 2 N–H and O–H groups in total. The van der Waals surface area contributed by atoms with Gasteiger partial charge in [-0.05, 0) is 26.8 Å². The number of hydrogen-bond acceptors (Lipinski definition) is 4. The standard InChI is InChI=1S/C10H21N5/c1-4-7-11-8-9-13-14-10(12-5-2)15(9)6-3/h11H,4-8H2,1-3H3,(H,12,14). The second-order valence-corrected chi connectivity index (χ2v) is 3.39. The van der Waals surface area contributed by atoms with E-state index in [1.807, 2.05) is 0 Å². The normalized spacial score (nSPS) is 10.6. The van der Waals surface area contributed by atoms with Gasteiger partial charge in [0, 0.05) is 13.1 Å². The molecule has 1 aromatic rings. The minimum atomic E-state index is 0.792. The summed E-state index contributed by atoms with van der Waals surface area (Å²) in [5, 5.41) is 14.8. The average Bonchev–Trinajstić information content (AvgIpc) is 2.62. The summed E-state index contributed by atoms with van der Waals surface area (Å²) < 4.78 is 2.10. The van der Waals surface area contributed by atoms with Crippen molar-refractivity contribution in [2.24, 2.45) is 0 Å². The van der Waals surface area contributed by atoms with Crippen molar-refractivity contribution in [3.63, 3.8) is 0 Å². The molecule has 0 saturated carbocycles. The Morgan fingerprint density at radius 1 is 1.20 bits per heavy atom. The van der Waals surface area contributed by atoms with Gasteiger partial charge in [0.25, 0.3) is 0 Å². The first-order chi connectivity index (χ1) is 7.33. The number of hydrogen-bond donors (Lipinski definition) is 2. The Morgan fingerprint density at radius 3 is 2.60 bits per heavy atom. The predicted molar refractivity (Wildman–Crippen MR) is 61.9 cm³/mol. The molecular weight excluding hydrogens is 190 g/mol. The van der Waals surface area contributed by atoms with Crippen molar-refractivity contribution < 1.29 is 0 Å². The van der Waals surface area contributed by atoms with Crippen molar-refractivity contribution in [2.45, 2.75) is 40.3 Å². The molecule has 0 fully saturated rings. The highest BCUT2D eigenvalue weighted by molar-refractivity contribution is 5.25. The van der Waals surface area contributed by atoms with Crippen LogP contribution >= 0.6 is 0 Å². The third kappa shape index (κ3) is 3.20. The average molecular weight is 211 g/mol. The van der Waals surface area contributed by atoms with E-state index in [-0.39, 0.29) is 0 Å². The third-order valence-corrected chi connectivity index (χ3v) is 2.19. The zero-order valence-corrected chi connectivity index (χ0v) is 9.88. The molecule has 0 aliphatic heterocycles. The molecule has 5 heteroatoms. The second-order valence-electron chi connectivity index (χ2n) is 3.39. The maximum Gasteiger partial charge on any atom is 0.224 e. The molecule has 1 rings (SSSR count). The van der Waals surface area contributed by atoms with E-state index in [1.165, 1.54) is 0 Å². The van der Waals surface area contributed by atoms with Crippen LogP contribution in [0.4, 0.5) is 5.95 Å². The van der Waals surface area contributed by atoms with Crippen LogP contribution in [-0.2, 0) is 13.1 Å². The first kappa shape index (κ1) is 12.0. The monoisotopic (exact) mass is 211 g/mol. The molecular formula is C10H21N5. The van der Waals surface area contributed by atoms with Crippen molar-refractivity contribution in [2.75, 3.05) is 18.4 Å². The minimum absolute atomic E-state index is 0.792. The summed E-state index contributed by atoms with van der Waals surface area (Å²) in [6.07, 6.45) is 1.14. The van der Waals surface area contributed by atoms with E-state index >= 15 is 0 Å². The molecule has 0 amide bonds. The summed E-state index contributed by atoms with van der Waals surface area (Å²) in [5.41, 5.74) is 0. The highest BCUT2D eigenvalue weighted by atomic mass is 15.4. The molecule has 5 nitrogen and oxygen atoms in total. The van der Waals surface area contributed by atoms with Gasteiger partial charge in [-0.1, -0.05) is 6.92 Å². The number of rotatable bonds is 7. The fraction of sp³-hybridized carbons (Fsp3) is 0.800. The molecule has 0 aliphatic rings. The van der Waals surface area contributed by atoms with E-state index in [9.17, 15) is 0 Å². The highest BCUT2D eigenvalue weighted by Gasteiger charge is 2.08. The number of nitrogens with zero attached hydrogens (tertiary/aromatic N) is 3. The summed E-state index contributed by atoms with van der Waals surface area (Å²) in [5.74, 6) is 1.87. The molecule has 0 bridgehead atoms. The molecule has 0 radical (unpaired) electrons. The van der Waals surface area contributed by atoms with Gasteiger partial charge in [0.15, 0.2) is 0 Å². The van der Waals surface area contributed by atoms with E-state index in [4.69, 9.17) is 0 Å². The summed E-state index contributed by atoms with van der Waals surface area (Å²) in [7, 11) is 0. The maximum absolute atomic E-state index is 4.17. The third-order valence-electron chi connectivity index (χ3n) is 2.19. The maximum atomic E-state index is 4.17. The number of anilines is 1. The van der Waals surface area contributed by atoms with Gasteiger partial charge in [-0.2, -0.15) is 0 Å². The van der Waals surface area contributed by atoms with Gasteiger partial charge >= 0.3 is 0 Å². The van der Waals surface area contributed by atoms with Crippen molar-refractivity contribution >= 4 is 5.95 Å². The van der Waals surface area contributed by atoms with E-state index in [1.54, 1.807) is 0 Å². The molecule has 1 heterocycles. The van der Waals surface area contributed by atoms with Crippen LogP contribution in [0.15, 0.2) is 0 Å². The van der Waals surface area contributed by atoms with Crippen LogP contribution in [0.5, 0.6) is 0 Å². The first-order valence-corrected chi connectivity index (χ1v) is 5.70. The molecule has 0 spiro atoms. The van der Waals surface area contributed by atoms with Crippen LogP contribution < -0.4 is 10.6 Å². The SMILES string of the molecule is CCCNCc1nnc(NCC)n1CC. The van der Waals surface area contributed by atoms with Crippen LogP contribution in [-0.4, -0.2) is 27.9 Å². The minimum Gasteiger partial charge on any atom is -0.355 e. The zero-order valence-electron chi connectivity index (χ0n) is 9.88. The molecule has 0 aromatic carbocycles. The van der Waals surface area contributed by atoms with E-state index in [0.717, 1.165) is 44.4 Å². The van der Waals surface area contributed by atoms with Crippen LogP contribution in [0.2, 0.25) is 0 Å². The van der Waals surface area contributed by atoms with Crippen LogP contribution in [0, 0.1) is 0 Å². The molecule has 0 atom stereocenters. The van der Waals surface area contributed by atoms with Crippen LogP contribution in [0.1, 0.15) is 33.0 Å². The lowest BCUT2D eigenvalue weighted by molar-refractivity contribution is 0.609. The Bertz CT molecular complexity index is 281. The molecule has 0 saturated heterocycles. The number of aromatic nitrogens is 3. The van der Waals surface area contributed by atoms with E-state index in [0.29, 0.717) is 0 Å². The van der Waals surface area contributed by atoms with E-state index < -0.39 is 0 Å². The predicted octanol–water partition coefficient (Wildman–Crippen LogP) is 1.23. The molecule has 15 heavy (non-hydrogen) atoms. The van der Waals surface area contributed by atoms with Gasteiger partial charge in [-0.15, -0.1) is 10.2 Å².